The molecule has 0 atom stereocenters. The van der Waals surface area contributed by atoms with Gasteiger partial charge in [0.25, 0.3) is 5.91 Å². The van der Waals surface area contributed by atoms with Crippen molar-refractivity contribution in [2.24, 2.45) is 0 Å². The highest BCUT2D eigenvalue weighted by atomic mass is 32.1. The second kappa shape index (κ2) is 7.04. The molecule has 2 rings (SSSR count). The van der Waals surface area contributed by atoms with Crippen LogP contribution in [0.4, 0.5) is 5.69 Å². The number of carbonyl (C=O) groups is 2. The summed E-state index contributed by atoms with van der Waals surface area (Å²) in [6.45, 7) is 4.31. The van der Waals surface area contributed by atoms with E-state index in [9.17, 15) is 9.59 Å². The summed E-state index contributed by atoms with van der Waals surface area (Å²) in [5.41, 5.74) is 3.66. The Balaban J connectivity index is 1.80. The normalized spacial score (nSPS) is 10.2. The van der Waals surface area contributed by atoms with Gasteiger partial charge in [0.15, 0.2) is 0 Å². The van der Waals surface area contributed by atoms with Gasteiger partial charge in [0.2, 0.25) is 5.91 Å². The molecule has 0 radical (unpaired) electrons. The summed E-state index contributed by atoms with van der Waals surface area (Å²) in [5.74, 6) is -0.245. The molecule has 0 saturated heterocycles. The lowest BCUT2D eigenvalue weighted by Gasteiger charge is -2.10. The van der Waals surface area contributed by atoms with Crippen LogP contribution >= 0.6 is 11.3 Å². The Morgan fingerprint density at radius 3 is 2.71 bits per heavy atom. The third-order valence-electron chi connectivity index (χ3n) is 3.30. The Morgan fingerprint density at radius 1 is 1.19 bits per heavy atom. The Kier molecular flexibility index (Phi) is 5.11. The first-order valence-electron chi connectivity index (χ1n) is 6.74. The number of anilines is 1. The number of hydrogen-bond acceptors (Lipinski definition) is 3. The quantitative estimate of drug-likeness (QED) is 0.891. The van der Waals surface area contributed by atoms with Gasteiger partial charge in [-0.25, -0.2) is 0 Å². The predicted molar refractivity (Wildman–Crippen MR) is 85.8 cm³/mol. The minimum atomic E-state index is -0.143. The van der Waals surface area contributed by atoms with Crippen molar-refractivity contribution in [1.82, 2.24) is 5.32 Å². The minimum absolute atomic E-state index is 0.102. The van der Waals surface area contributed by atoms with Crippen molar-refractivity contribution in [1.29, 1.82) is 0 Å². The van der Waals surface area contributed by atoms with Crippen LogP contribution in [0.15, 0.2) is 35.0 Å². The topological polar surface area (TPSA) is 58.2 Å². The maximum absolute atomic E-state index is 11.9. The van der Waals surface area contributed by atoms with E-state index in [1.807, 2.05) is 37.4 Å². The molecule has 0 aliphatic heterocycles. The molecule has 0 unspecified atom stereocenters. The molecule has 0 fully saturated rings. The fourth-order valence-corrected chi connectivity index (χ4v) is 2.52. The van der Waals surface area contributed by atoms with Crippen molar-refractivity contribution in [3.8, 4) is 0 Å². The number of thiophene rings is 1. The Hall–Kier alpha value is -2.14. The van der Waals surface area contributed by atoms with E-state index in [2.05, 4.69) is 10.6 Å². The fraction of sp³-hybridized carbons (Fsp3) is 0.250. The second-order valence-electron chi connectivity index (χ2n) is 4.81. The number of benzene rings is 1. The van der Waals surface area contributed by atoms with E-state index in [4.69, 9.17) is 0 Å². The molecule has 1 heterocycles. The zero-order valence-electron chi connectivity index (χ0n) is 12.1. The van der Waals surface area contributed by atoms with Crippen LogP contribution < -0.4 is 10.6 Å². The van der Waals surface area contributed by atoms with Gasteiger partial charge in [-0.2, -0.15) is 11.3 Å². The third-order valence-corrected chi connectivity index (χ3v) is 3.98. The van der Waals surface area contributed by atoms with E-state index in [0.717, 1.165) is 16.8 Å². The molecular weight excluding hydrogens is 284 g/mol. The number of aryl methyl sites for hydroxylation is 1. The first-order chi connectivity index (χ1) is 10.1. The average Bonchev–Trinajstić information content (AvgIpc) is 2.98. The number of hydrogen-bond donors (Lipinski definition) is 2. The monoisotopic (exact) mass is 302 g/mol. The molecule has 0 saturated carbocycles. The summed E-state index contributed by atoms with van der Waals surface area (Å²) in [6.07, 6.45) is 0.253. The minimum Gasteiger partial charge on any atom is -0.351 e. The molecule has 21 heavy (non-hydrogen) atoms. The molecule has 2 amide bonds. The van der Waals surface area contributed by atoms with Crippen LogP contribution in [0, 0.1) is 13.8 Å². The SMILES string of the molecule is Cc1cccc(NC(=O)CCNC(=O)c2ccsc2)c1C. The van der Waals surface area contributed by atoms with Crippen molar-refractivity contribution in [2.45, 2.75) is 20.3 Å². The molecule has 0 aliphatic carbocycles. The van der Waals surface area contributed by atoms with Gasteiger partial charge in [0, 0.05) is 29.6 Å². The maximum Gasteiger partial charge on any atom is 0.252 e. The lowest BCUT2D eigenvalue weighted by atomic mass is 10.1. The van der Waals surface area contributed by atoms with E-state index in [1.165, 1.54) is 11.3 Å². The van der Waals surface area contributed by atoms with Gasteiger partial charge in [0.1, 0.15) is 0 Å². The molecule has 2 N–H and O–H groups in total. The fourth-order valence-electron chi connectivity index (χ4n) is 1.88. The smallest absolute Gasteiger partial charge is 0.252 e. The van der Waals surface area contributed by atoms with E-state index in [1.54, 1.807) is 11.4 Å². The van der Waals surface area contributed by atoms with Crippen LogP contribution in [0.25, 0.3) is 0 Å². The number of rotatable bonds is 5. The van der Waals surface area contributed by atoms with Crippen molar-refractivity contribution < 1.29 is 9.59 Å². The van der Waals surface area contributed by atoms with Gasteiger partial charge in [-0.1, -0.05) is 12.1 Å². The van der Waals surface area contributed by atoms with Gasteiger partial charge in [-0.3, -0.25) is 9.59 Å². The highest BCUT2D eigenvalue weighted by Crippen LogP contribution is 2.17. The lowest BCUT2D eigenvalue weighted by molar-refractivity contribution is -0.116. The van der Waals surface area contributed by atoms with Crippen molar-refractivity contribution in [3.05, 3.63) is 51.7 Å². The average molecular weight is 302 g/mol. The van der Waals surface area contributed by atoms with Gasteiger partial charge < -0.3 is 10.6 Å². The molecule has 1 aromatic carbocycles. The van der Waals surface area contributed by atoms with E-state index in [-0.39, 0.29) is 18.2 Å². The van der Waals surface area contributed by atoms with Gasteiger partial charge in [-0.05, 0) is 42.5 Å². The highest BCUT2D eigenvalue weighted by molar-refractivity contribution is 7.08. The largest absolute Gasteiger partial charge is 0.351 e. The molecule has 5 heteroatoms. The van der Waals surface area contributed by atoms with Crippen molar-refractivity contribution in [3.63, 3.8) is 0 Å². The highest BCUT2D eigenvalue weighted by Gasteiger charge is 2.08. The Bertz CT molecular complexity index is 636. The molecule has 110 valence electrons. The maximum atomic E-state index is 11.9. The molecule has 0 aliphatic rings. The van der Waals surface area contributed by atoms with Crippen molar-refractivity contribution in [2.75, 3.05) is 11.9 Å². The summed E-state index contributed by atoms with van der Waals surface area (Å²) in [5, 5.41) is 9.24. The standard InChI is InChI=1S/C16H18N2O2S/c1-11-4-3-5-14(12(11)2)18-15(19)6-8-17-16(20)13-7-9-21-10-13/h3-5,7,9-10H,6,8H2,1-2H3,(H,17,20)(H,18,19). The summed E-state index contributed by atoms with van der Waals surface area (Å²) < 4.78 is 0. The number of carbonyl (C=O) groups excluding carboxylic acids is 2. The zero-order valence-corrected chi connectivity index (χ0v) is 12.9. The molecule has 1 aromatic heterocycles. The predicted octanol–water partition coefficient (Wildman–Crippen LogP) is 3.12. The van der Waals surface area contributed by atoms with Crippen LogP contribution in [-0.2, 0) is 4.79 Å². The van der Waals surface area contributed by atoms with E-state index < -0.39 is 0 Å². The van der Waals surface area contributed by atoms with Crippen LogP contribution in [0.5, 0.6) is 0 Å². The first-order valence-corrected chi connectivity index (χ1v) is 7.68. The third kappa shape index (κ3) is 4.16. The van der Waals surface area contributed by atoms with Crippen LogP contribution in [0.2, 0.25) is 0 Å². The number of amides is 2. The summed E-state index contributed by atoms with van der Waals surface area (Å²) in [6, 6.07) is 7.56. The molecule has 0 spiro atoms. The van der Waals surface area contributed by atoms with Gasteiger partial charge >= 0.3 is 0 Å². The van der Waals surface area contributed by atoms with Crippen LogP contribution in [0.1, 0.15) is 27.9 Å². The molecule has 4 nitrogen and oxygen atoms in total. The number of nitrogens with one attached hydrogen (secondary N) is 2. The summed E-state index contributed by atoms with van der Waals surface area (Å²) in [7, 11) is 0. The molecule has 0 bridgehead atoms. The van der Waals surface area contributed by atoms with Gasteiger partial charge in [0.05, 0.1) is 0 Å². The summed E-state index contributed by atoms with van der Waals surface area (Å²) >= 11 is 1.47. The lowest BCUT2D eigenvalue weighted by Crippen LogP contribution is -2.27. The zero-order chi connectivity index (χ0) is 15.2. The Morgan fingerprint density at radius 2 is 2.00 bits per heavy atom. The Labute approximate surface area is 128 Å². The second-order valence-corrected chi connectivity index (χ2v) is 5.59. The van der Waals surface area contributed by atoms with E-state index >= 15 is 0 Å². The van der Waals surface area contributed by atoms with Gasteiger partial charge in [-0.15, -0.1) is 0 Å². The van der Waals surface area contributed by atoms with E-state index in [0.29, 0.717) is 12.1 Å². The van der Waals surface area contributed by atoms with Crippen LogP contribution in [0.3, 0.4) is 0 Å². The van der Waals surface area contributed by atoms with Crippen LogP contribution in [-0.4, -0.2) is 18.4 Å². The molecular formula is C16H18N2O2S. The first kappa shape index (κ1) is 15.3. The molecule has 2 aromatic rings. The van der Waals surface area contributed by atoms with Crippen molar-refractivity contribution >= 4 is 28.8 Å². The summed E-state index contributed by atoms with van der Waals surface area (Å²) in [4.78, 5) is 23.6.